The van der Waals surface area contributed by atoms with Gasteiger partial charge in [0, 0.05) is 17.0 Å². The van der Waals surface area contributed by atoms with E-state index >= 15 is 0 Å². The van der Waals surface area contributed by atoms with Crippen molar-refractivity contribution in [3.63, 3.8) is 0 Å². The maximum Gasteiger partial charge on any atom is 0.0969 e. The van der Waals surface area contributed by atoms with Crippen LogP contribution in [0.15, 0.2) is 36.5 Å². The molecule has 3 heteroatoms. The monoisotopic (exact) mass is 284 g/mol. The summed E-state index contributed by atoms with van der Waals surface area (Å²) in [5.41, 5.74) is 2.91. The van der Waals surface area contributed by atoms with E-state index in [2.05, 4.69) is 30.1 Å². The predicted octanol–water partition coefficient (Wildman–Crippen LogP) is 5.17. The second kappa shape index (κ2) is 5.76. The zero-order chi connectivity index (χ0) is 13.9. The molecule has 2 nitrogen and oxygen atoms in total. The van der Waals surface area contributed by atoms with Gasteiger partial charge in [-0.2, -0.15) is 0 Å². The molecule has 3 rings (SSSR count). The number of unbranched alkanes of at least 4 members (excludes halogenated alkanes) is 2. The summed E-state index contributed by atoms with van der Waals surface area (Å²) in [7, 11) is 0. The Kier molecular flexibility index (Phi) is 3.83. The quantitative estimate of drug-likeness (QED) is 0.488. The first-order valence-electron chi connectivity index (χ1n) is 7.12. The third-order valence-electron chi connectivity index (χ3n) is 3.60. The minimum Gasteiger partial charge on any atom is -0.254 e. The second-order valence-electron chi connectivity index (χ2n) is 5.09. The standard InChI is InChI=1S/C17H17ClN2/c1-2-3-4-7-15-14(18)11-13-9-8-12-6-5-10-19-16(12)17(13)20-15/h5-6,8-11H,2-4,7H2,1H3. The largest absolute Gasteiger partial charge is 0.254 e. The van der Waals surface area contributed by atoms with Crippen LogP contribution in [0.2, 0.25) is 5.02 Å². The highest BCUT2D eigenvalue weighted by Gasteiger charge is 2.08. The van der Waals surface area contributed by atoms with E-state index in [1.54, 1.807) is 0 Å². The molecule has 0 unspecified atom stereocenters. The van der Waals surface area contributed by atoms with Crippen molar-refractivity contribution in [1.29, 1.82) is 0 Å². The first-order valence-corrected chi connectivity index (χ1v) is 7.50. The van der Waals surface area contributed by atoms with Gasteiger partial charge in [-0.15, -0.1) is 0 Å². The average molecular weight is 285 g/mol. The van der Waals surface area contributed by atoms with Gasteiger partial charge in [0.2, 0.25) is 0 Å². The van der Waals surface area contributed by atoms with E-state index in [-0.39, 0.29) is 0 Å². The van der Waals surface area contributed by atoms with Crippen molar-refractivity contribution in [3.8, 4) is 0 Å². The zero-order valence-corrected chi connectivity index (χ0v) is 12.3. The summed E-state index contributed by atoms with van der Waals surface area (Å²) in [6, 6.07) is 10.2. The van der Waals surface area contributed by atoms with E-state index in [1.807, 2.05) is 18.3 Å². The molecule has 1 aromatic carbocycles. The molecule has 0 radical (unpaired) electrons. The molecule has 0 saturated heterocycles. The van der Waals surface area contributed by atoms with Gasteiger partial charge in [0.25, 0.3) is 0 Å². The lowest BCUT2D eigenvalue weighted by atomic mass is 10.1. The topological polar surface area (TPSA) is 25.8 Å². The van der Waals surface area contributed by atoms with Gasteiger partial charge >= 0.3 is 0 Å². The number of fused-ring (bicyclic) bond motifs is 3. The van der Waals surface area contributed by atoms with Crippen LogP contribution in [0.3, 0.4) is 0 Å². The molecule has 0 aliphatic heterocycles. The maximum absolute atomic E-state index is 6.35. The summed E-state index contributed by atoms with van der Waals surface area (Å²) in [6.07, 6.45) is 6.30. The lowest BCUT2D eigenvalue weighted by molar-refractivity contribution is 0.709. The highest BCUT2D eigenvalue weighted by Crippen LogP contribution is 2.27. The molecular formula is C17H17ClN2. The van der Waals surface area contributed by atoms with Crippen molar-refractivity contribution >= 4 is 33.4 Å². The summed E-state index contributed by atoms with van der Waals surface area (Å²) >= 11 is 6.35. The molecule has 0 bridgehead atoms. The molecule has 20 heavy (non-hydrogen) atoms. The Morgan fingerprint density at radius 2 is 1.90 bits per heavy atom. The van der Waals surface area contributed by atoms with E-state index in [0.29, 0.717) is 0 Å². The fourth-order valence-corrected chi connectivity index (χ4v) is 2.76. The van der Waals surface area contributed by atoms with Gasteiger partial charge < -0.3 is 0 Å². The van der Waals surface area contributed by atoms with Crippen LogP contribution >= 0.6 is 11.6 Å². The van der Waals surface area contributed by atoms with Crippen LogP contribution < -0.4 is 0 Å². The smallest absolute Gasteiger partial charge is 0.0969 e. The van der Waals surface area contributed by atoms with Gasteiger partial charge in [-0.05, 0) is 25.0 Å². The zero-order valence-electron chi connectivity index (χ0n) is 11.6. The summed E-state index contributed by atoms with van der Waals surface area (Å²) in [4.78, 5) is 9.25. The lowest BCUT2D eigenvalue weighted by Gasteiger charge is -2.07. The van der Waals surface area contributed by atoms with Crippen LogP contribution in [0.5, 0.6) is 0 Å². The normalized spacial score (nSPS) is 11.3. The van der Waals surface area contributed by atoms with Crippen LogP contribution in [0.25, 0.3) is 21.8 Å². The minimum absolute atomic E-state index is 0.767. The SMILES string of the molecule is CCCCCc1nc2c(ccc3cccnc32)cc1Cl. The van der Waals surface area contributed by atoms with E-state index in [0.717, 1.165) is 45.4 Å². The van der Waals surface area contributed by atoms with Gasteiger partial charge in [0.1, 0.15) is 0 Å². The fraction of sp³-hybridized carbons (Fsp3) is 0.294. The molecule has 0 spiro atoms. The molecule has 0 saturated carbocycles. The molecule has 3 aromatic rings. The Balaban J connectivity index is 2.13. The molecule has 0 amide bonds. The Labute approximate surface area is 123 Å². The van der Waals surface area contributed by atoms with Gasteiger partial charge in [-0.1, -0.05) is 49.6 Å². The fourth-order valence-electron chi connectivity index (χ4n) is 2.51. The van der Waals surface area contributed by atoms with Crippen molar-refractivity contribution in [2.75, 3.05) is 0 Å². The van der Waals surface area contributed by atoms with Crippen LogP contribution in [0, 0.1) is 0 Å². The van der Waals surface area contributed by atoms with E-state index in [4.69, 9.17) is 16.6 Å². The maximum atomic E-state index is 6.35. The number of halogens is 1. The number of aryl methyl sites for hydroxylation is 1. The highest BCUT2D eigenvalue weighted by molar-refractivity contribution is 6.32. The number of aromatic nitrogens is 2. The van der Waals surface area contributed by atoms with Crippen LogP contribution in [-0.2, 0) is 6.42 Å². The van der Waals surface area contributed by atoms with Crippen molar-refractivity contribution in [3.05, 3.63) is 47.2 Å². The molecule has 0 aliphatic carbocycles. The van der Waals surface area contributed by atoms with Gasteiger partial charge in [0.15, 0.2) is 0 Å². The predicted molar refractivity (Wildman–Crippen MR) is 85.3 cm³/mol. The summed E-state index contributed by atoms with van der Waals surface area (Å²) in [6.45, 7) is 2.20. The number of pyridine rings is 2. The Hall–Kier alpha value is -1.67. The molecule has 0 atom stereocenters. The first kappa shape index (κ1) is 13.3. The molecule has 0 N–H and O–H groups in total. The van der Waals surface area contributed by atoms with E-state index in [1.165, 1.54) is 12.8 Å². The van der Waals surface area contributed by atoms with Crippen molar-refractivity contribution in [1.82, 2.24) is 9.97 Å². The molecule has 2 aromatic heterocycles. The lowest BCUT2D eigenvalue weighted by Crippen LogP contribution is -1.94. The minimum atomic E-state index is 0.767. The van der Waals surface area contributed by atoms with Crippen molar-refractivity contribution in [2.45, 2.75) is 32.6 Å². The third kappa shape index (κ3) is 2.48. The first-order chi connectivity index (χ1) is 9.79. The Bertz CT molecular complexity index is 752. The van der Waals surface area contributed by atoms with E-state index < -0.39 is 0 Å². The van der Waals surface area contributed by atoms with Crippen molar-refractivity contribution in [2.24, 2.45) is 0 Å². The van der Waals surface area contributed by atoms with Gasteiger partial charge in [-0.3, -0.25) is 4.98 Å². The summed E-state index contributed by atoms with van der Waals surface area (Å²) in [5.74, 6) is 0. The van der Waals surface area contributed by atoms with Crippen LogP contribution in [0.4, 0.5) is 0 Å². The summed E-state index contributed by atoms with van der Waals surface area (Å²) in [5, 5.41) is 2.94. The molecule has 0 aliphatic rings. The Morgan fingerprint density at radius 1 is 1.05 bits per heavy atom. The molecule has 0 fully saturated rings. The number of benzene rings is 1. The number of rotatable bonds is 4. The Morgan fingerprint density at radius 3 is 2.75 bits per heavy atom. The number of nitrogens with zero attached hydrogens (tertiary/aromatic N) is 2. The molecule has 102 valence electrons. The van der Waals surface area contributed by atoms with Gasteiger partial charge in [-0.25, -0.2) is 4.98 Å². The number of hydrogen-bond acceptors (Lipinski definition) is 2. The average Bonchev–Trinajstić information content (AvgIpc) is 2.48. The summed E-state index contributed by atoms with van der Waals surface area (Å²) < 4.78 is 0. The van der Waals surface area contributed by atoms with Gasteiger partial charge in [0.05, 0.1) is 21.7 Å². The third-order valence-corrected chi connectivity index (χ3v) is 3.93. The van der Waals surface area contributed by atoms with E-state index in [9.17, 15) is 0 Å². The molecular weight excluding hydrogens is 268 g/mol. The highest BCUT2D eigenvalue weighted by atomic mass is 35.5. The van der Waals surface area contributed by atoms with Crippen LogP contribution in [-0.4, -0.2) is 9.97 Å². The molecule has 2 heterocycles. The number of hydrogen-bond donors (Lipinski definition) is 0. The van der Waals surface area contributed by atoms with Crippen LogP contribution in [0.1, 0.15) is 31.9 Å². The van der Waals surface area contributed by atoms with Crippen molar-refractivity contribution < 1.29 is 0 Å². The second-order valence-corrected chi connectivity index (χ2v) is 5.49.